The smallest absolute Gasteiger partial charge is 0.308 e. The quantitative estimate of drug-likeness (QED) is 0.848. The van der Waals surface area contributed by atoms with Crippen LogP contribution in [0.25, 0.3) is 0 Å². The van der Waals surface area contributed by atoms with Crippen molar-refractivity contribution in [3.05, 3.63) is 34.9 Å². The number of rotatable bonds is 6. The molecule has 0 bridgehead atoms. The second-order valence-electron chi connectivity index (χ2n) is 5.24. The van der Waals surface area contributed by atoms with E-state index in [1.807, 2.05) is 12.1 Å². The van der Waals surface area contributed by atoms with Crippen molar-refractivity contribution in [1.82, 2.24) is 5.32 Å². The van der Waals surface area contributed by atoms with Crippen LogP contribution in [0.3, 0.4) is 0 Å². The van der Waals surface area contributed by atoms with Crippen LogP contribution in [0, 0.1) is 5.92 Å². The first-order valence-corrected chi connectivity index (χ1v) is 7.14. The topological polar surface area (TPSA) is 66.4 Å². The van der Waals surface area contributed by atoms with Gasteiger partial charge in [-0.3, -0.25) is 9.59 Å². The zero-order valence-corrected chi connectivity index (χ0v) is 12.1. The summed E-state index contributed by atoms with van der Waals surface area (Å²) in [6.45, 7) is 1.98. The summed E-state index contributed by atoms with van der Waals surface area (Å²) in [5.41, 5.74) is 0.462. The number of nitrogens with one attached hydrogen (secondary N) is 1. The summed E-state index contributed by atoms with van der Waals surface area (Å²) in [5.74, 6) is -1.48. The third-order valence-corrected chi connectivity index (χ3v) is 4.18. The molecule has 0 heterocycles. The number of carboxylic acids is 1. The molecule has 1 unspecified atom stereocenters. The van der Waals surface area contributed by atoms with Gasteiger partial charge in [0.15, 0.2) is 0 Å². The molecule has 0 spiro atoms. The first-order valence-electron chi connectivity index (χ1n) is 6.77. The number of carbonyl (C=O) groups excluding carboxylic acids is 1. The molecule has 1 aromatic rings. The molecule has 0 aliphatic heterocycles. The van der Waals surface area contributed by atoms with Gasteiger partial charge in [0.05, 0.1) is 11.3 Å². The molecule has 5 heteroatoms. The van der Waals surface area contributed by atoms with E-state index >= 15 is 0 Å². The Morgan fingerprint density at radius 3 is 2.40 bits per heavy atom. The Kier molecular flexibility index (Phi) is 4.33. The van der Waals surface area contributed by atoms with Gasteiger partial charge in [0.2, 0.25) is 5.91 Å². The molecule has 1 fully saturated rings. The van der Waals surface area contributed by atoms with Crippen molar-refractivity contribution in [2.24, 2.45) is 5.92 Å². The molecular formula is C15H18ClNO3. The van der Waals surface area contributed by atoms with Gasteiger partial charge in [-0.2, -0.15) is 0 Å². The predicted molar refractivity (Wildman–Crippen MR) is 76.8 cm³/mol. The van der Waals surface area contributed by atoms with Crippen LogP contribution >= 0.6 is 11.6 Å². The summed E-state index contributed by atoms with van der Waals surface area (Å²) in [4.78, 5) is 23.3. The molecule has 1 aliphatic carbocycles. The molecule has 1 atom stereocenters. The van der Waals surface area contributed by atoms with Crippen LogP contribution in [0.5, 0.6) is 0 Å². The fourth-order valence-corrected chi connectivity index (χ4v) is 2.46. The minimum Gasteiger partial charge on any atom is -0.481 e. The lowest BCUT2D eigenvalue weighted by Gasteiger charge is -2.18. The predicted octanol–water partition coefficient (Wildman–Crippen LogP) is 2.60. The summed E-state index contributed by atoms with van der Waals surface area (Å²) in [6, 6.07) is 7.28. The molecule has 1 amide bonds. The van der Waals surface area contributed by atoms with Gasteiger partial charge >= 0.3 is 5.97 Å². The van der Waals surface area contributed by atoms with Gasteiger partial charge in [-0.1, -0.05) is 30.7 Å². The van der Waals surface area contributed by atoms with E-state index in [0.29, 0.717) is 11.4 Å². The molecule has 4 nitrogen and oxygen atoms in total. The average Bonchev–Trinajstić information content (AvgIpc) is 3.21. The van der Waals surface area contributed by atoms with E-state index in [-0.39, 0.29) is 12.5 Å². The van der Waals surface area contributed by atoms with Crippen LogP contribution in [0.1, 0.15) is 31.7 Å². The average molecular weight is 296 g/mol. The maximum Gasteiger partial charge on any atom is 0.308 e. The second-order valence-corrected chi connectivity index (χ2v) is 5.68. The van der Waals surface area contributed by atoms with E-state index in [1.165, 1.54) is 0 Å². The van der Waals surface area contributed by atoms with E-state index in [9.17, 15) is 9.59 Å². The summed E-state index contributed by atoms with van der Waals surface area (Å²) >= 11 is 5.85. The highest BCUT2D eigenvalue weighted by molar-refractivity contribution is 6.30. The van der Waals surface area contributed by atoms with Crippen LogP contribution in [-0.2, 0) is 15.0 Å². The Morgan fingerprint density at radius 2 is 1.95 bits per heavy atom. The molecule has 1 aliphatic rings. The maximum absolute atomic E-state index is 12.3. The van der Waals surface area contributed by atoms with Gasteiger partial charge in [-0.15, -0.1) is 0 Å². The van der Waals surface area contributed by atoms with E-state index in [1.54, 1.807) is 19.1 Å². The van der Waals surface area contributed by atoms with Gasteiger partial charge in [-0.25, -0.2) is 0 Å². The number of carbonyl (C=O) groups is 2. The Labute approximate surface area is 123 Å². The number of carboxylic acid groups (broad SMARTS) is 1. The number of aliphatic carboxylic acids is 1. The lowest BCUT2D eigenvalue weighted by Crippen LogP contribution is -2.39. The molecule has 0 saturated heterocycles. The lowest BCUT2D eigenvalue weighted by molar-refractivity contribution is -0.141. The van der Waals surface area contributed by atoms with Gasteiger partial charge in [0.25, 0.3) is 0 Å². The highest BCUT2D eigenvalue weighted by Gasteiger charge is 2.51. The zero-order valence-electron chi connectivity index (χ0n) is 11.4. The first kappa shape index (κ1) is 14.9. The summed E-state index contributed by atoms with van der Waals surface area (Å²) < 4.78 is 0. The zero-order chi connectivity index (χ0) is 14.8. The van der Waals surface area contributed by atoms with Crippen LogP contribution in [0.4, 0.5) is 0 Å². The third kappa shape index (κ3) is 2.96. The van der Waals surface area contributed by atoms with E-state index in [0.717, 1.165) is 18.4 Å². The molecular weight excluding hydrogens is 278 g/mol. The minimum atomic E-state index is -0.871. The maximum atomic E-state index is 12.3. The first-order chi connectivity index (χ1) is 9.49. The number of hydrogen-bond donors (Lipinski definition) is 2. The van der Waals surface area contributed by atoms with Crippen molar-refractivity contribution in [2.45, 2.75) is 31.6 Å². The number of amides is 1. The molecule has 0 aromatic heterocycles. The lowest BCUT2D eigenvalue weighted by atomic mass is 9.94. The Balaban J connectivity index is 2.02. The van der Waals surface area contributed by atoms with Crippen molar-refractivity contribution in [3.63, 3.8) is 0 Å². The van der Waals surface area contributed by atoms with Gasteiger partial charge < -0.3 is 10.4 Å². The number of benzene rings is 1. The van der Waals surface area contributed by atoms with E-state index in [4.69, 9.17) is 16.7 Å². The van der Waals surface area contributed by atoms with Gasteiger partial charge in [0.1, 0.15) is 0 Å². The van der Waals surface area contributed by atoms with Crippen molar-refractivity contribution < 1.29 is 14.7 Å². The summed E-state index contributed by atoms with van der Waals surface area (Å²) in [6.07, 6.45) is 2.10. The normalized spacial score (nSPS) is 17.3. The van der Waals surface area contributed by atoms with Crippen molar-refractivity contribution >= 4 is 23.5 Å². The van der Waals surface area contributed by atoms with Crippen molar-refractivity contribution in [1.29, 1.82) is 0 Å². The van der Waals surface area contributed by atoms with Crippen LogP contribution in [-0.4, -0.2) is 23.5 Å². The standard InChI is InChI=1S/C15H18ClNO3/c1-2-10(13(18)19)9-17-14(20)15(7-8-15)11-3-5-12(16)6-4-11/h3-6,10H,2,7-9H2,1H3,(H,17,20)(H,18,19). The highest BCUT2D eigenvalue weighted by atomic mass is 35.5. The number of hydrogen-bond acceptors (Lipinski definition) is 2. The molecule has 1 aromatic carbocycles. The van der Waals surface area contributed by atoms with Crippen LogP contribution < -0.4 is 5.32 Å². The highest BCUT2D eigenvalue weighted by Crippen LogP contribution is 2.48. The fraction of sp³-hybridized carbons (Fsp3) is 0.467. The Hall–Kier alpha value is -1.55. The second kappa shape index (κ2) is 5.83. The third-order valence-electron chi connectivity index (χ3n) is 3.93. The summed E-state index contributed by atoms with van der Waals surface area (Å²) in [5, 5.41) is 12.4. The summed E-state index contributed by atoms with van der Waals surface area (Å²) in [7, 11) is 0. The molecule has 1 saturated carbocycles. The molecule has 20 heavy (non-hydrogen) atoms. The van der Waals surface area contributed by atoms with E-state index < -0.39 is 17.3 Å². The monoisotopic (exact) mass is 295 g/mol. The van der Waals surface area contributed by atoms with E-state index in [2.05, 4.69) is 5.32 Å². The van der Waals surface area contributed by atoms with Gasteiger partial charge in [0, 0.05) is 11.6 Å². The van der Waals surface area contributed by atoms with Crippen LogP contribution in [0.15, 0.2) is 24.3 Å². The Morgan fingerprint density at radius 1 is 1.35 bits per heavy atom. The molecule has 2 N–H and O–H groups in total. The van der Waals surface area contributed by atoms with Gasteiger partial charge in [-0.05, 0) is 37.0 Å². The molecule has 2 rings (SSSR count). The van der Waals surface area contributed by atoms with Crippen molar-refractivity contribution in [2.75, 3.05) is 6.54 Å². The minimum absolute atomic E-state index is 0.0838. The fourth-order valence-electron chi connectivity index (χ4n) is 2.33. The number of halogens is 1. The van der Waals surface area contributed by atoms with Crippen LogP contribution in [0.2, 0.25) is 5.02 Å². The Bertz CT molecular complexity index is 508. The molecule has 108 valence electrons. The van der Waals surface area contributed by atoms with Crippen molar-refractivity contribution in [3.8, 4) is 0 Å². The SMILES string of the molecule is CCC(CNC(=O)C1(c2ccc(Cl)cc2)CC1)C(=O)O. The largest absolute Gasteiger partial charge is 0.481 e. The molecule has 0 radical (unpaired) electrons.